The molecule has 1 amide bonds. The second-order valence-electron chi connectivity index (χ2n) is 6.11. The Morgan fingerprint density at radius 3 is 2.86 bits per heavy atom. The van der Waals surface area contributed by atoms with Crippen LogP contribution in [0.25, 0.3) is 0 Å². The Kier molecular flexibility index (Phi) is 4.15. The highest BCUT2D eigenvalue weighted by atomic mass is 16.5. The standard InChI is InChI=1S/C17H24N2O2/c1-3-21-16-7-5-4-6-13(16)10-19-11-14-8-9-15(12-19)18(2)17(14)20/h4-7,14-15H,3,8-12H2,1-2H3/t14-,15+/m0/s1. The van der Waals surface area contributed by atoms with Crippen LogP contribution in [0.5, 0.6) is 5.75 Å². The molecule has 4 rings (SSSR count). The maximum Gasteiger partial charge on any atom is 0.227 e. The zero-order valence-corrected chi connectivity index (χ0v) is 12.9. The van der Waals surface area contributed by atoms with Crippen LogP contribution in [-0.4, -0.2) is 48.5 Å². The molecule has 21 heavy (non-hydrogen) atoms. The predicted molar refractivity (Wildman–Crippen MR) is 82.2 cm³/mol. The Bertz CT molecular complexity index is 517. The first-order valence-electron chi connectivity index (χ1n) is 7.88. The number of carbonyl (C=O) groups excluding carboxylic acids is 1. The van der Waals surface area contributed by atoms with E-state index < -0.39 is 0 Å². The molecule has 3 heterocycles. The second kappa shape index (κ2) is 6.06. The Morgan fingerprint density at radius 2 is 2.05 bits per heavy atom. The SMILES string of the molecule is CCOc1ccccc1CN1C[C@@H]2CC[C@H](C1)N(C)C2=O. The number of hydrogen-bond donors (Lipinski definition) is 0. The average molecular weight is 288 g/mol. The summed E-state index contributed by atoms with van der Waals surface area (Å²) in [5.74, 6) is 1.47. The summed E-state index contributed by atoms with van der Waals surface area (Å²) in [6, 6.07) is 8.60. The fourth-order valence-corrected chi connectivity index (χ4v) is 3.55. The molecule has 1 aromatic rings. The summed E-state index contributed by atoms with van der Waals surface area (Å²) in [4.78, 5) is 16.6. The van der Waals surface area contributed by atoms with Crippen LogP contribution in [0.15, 0.2) is 24.3 Å². The van der Waals surface area contributed by atoms with Crippen molar-refractivity contribution in [3.63, 3.8) is 0 Å². The van der Waals surface area contributed by atoms with E-state index in [0.717, 1.165) is 38.2 Å². The lowest BCUT2D eigenvalue weighted by Gasteiger charge is -2.32. The van der Waals surface area contributed by atoms with Crippen LogP contribution in [0.4, 0.5) is 0 Å². The summed E-state index contributed by atoms with van der Waals surface area (Å²) >= 11 is 0. The molecule has 0 N–H and O–H groups in total. The molecule has 4 nitrogen and oxygen atoms in total. The van der Waals surface area contributed by atoms with E-state index in [1.807, 2.05) is 31.0 Å². The third-order valence-electron chi connectivity index (χ3n) is 4.71. The van der Waals surface area contributed by atoms with Gasteiger partial charge in [-0.1, -0.05) is 18.2 Å². The first-order chi connectivity index (χ1) is 10.2. The summed E-state index contributed by atoms with van der Waals surface area (Å²) in [6.07, 6.45) is 2.17. The van der Waals surface area contributed by atoms with Gasteiger partial charge < -0.3 is 9.64 Å². The summed E-state index contributed by atoms with van der Waals surface area (Å²) < 4.78 is 5.72. The van der Waals surface area contributed by atoms with E-state index in [1.54, 1.807) is 0 Å². The highest BCUT2D eigenvalue weighted by molar-refractivity contribution is 5.80. The predicted octanol–water partition coefficient (Wildman–Crippen LogP) is 2.14. The fourth-order valence-electron chi connectivity index (χ4n) is 3.55. The molecule has 4 heteroatoms. The van der Waals surface area contributed by atoms with E-state index in [0.29, 0.717) is 18.6 Å². The van der Waals surface area contributed by atoms with Gasteiger partial charge in [0.2, 0.25) is 5.91 Å². The van der Waals surface area contributed by atoms with Crippen molar-refractivity contribution in [3.05, 3.63) is 29.8 Å². The number of carbonyl (C=O) groups is 1. The highest BCUT2D eigenvalue weighted by Gasteiger charge is 2.38. The largest absolute Gasteiger partial charge is 0.494 e. The summed E-state index contributed by atoms with van der Waals surface area (Å²) in [5.41, 5.74) is 1.22. The van der Waals surface area contributed by atoms with Crippen molar-refractivity contribution in [2.24, 2.45) is 5.92 Å². The maximum atomic E-state index is 12.2. The lowest BCUT2D eigenvalue weighted by atomic mass is 9.95. The molecule has 0 aromatic heterocycles. The van der Waals surface area contributed by atoms with E-state index in [9.17, 15) is 4.79 Å². The summed E-state index contributed by atoms with van der Waals surface area (Å²) in [5, 5.41) is 0. The topological polar surface area (TPSA) is 32.8 Å². The van der Waals surface area contributed by atoms with Crippen LogP contribution in [0.1, 0.15) is 25.3 Å². The molecule has 2 bridgehead atoms. The Balaban J connectivity index is 1.75. The molecule has 3 saturated heterocycles. The third-order valence-corrected chi connectivity index (χ3v) is 4.71. The molecule has 3 aliphatic heterocycles. The van der Waals surface area contributed by atoms with E-state index in [4.69, 9.17) is 4.74 Å². The zero-order valence-electron chi connectivity index (χ0n) is 12.9. The van der Waals surface area contributed by atoms with Gasteiger partial charge >= 0.3 is 0 Å². The second-order valence-corrected chi connectivity index (χ2v) is 6.11. The number of fused-ring (bicyclic) bond motifs is 4. The minimum Gasteiger partial charge on any atom is -0.494 e. The van der Waals surface area contributed by atoms with Crippen molar-refractivity contribution in [1.82, 2.24) is 9.80 Å². The van der Waals surface area contributed by atoms with E-state index in [-0.39, 0.29) is 5.92 Å². The molecular weight excluding hydrogens is 264 g/mol. The van der Waals surface area contributed by atoms with Gasteiger partial charge in [0.1, 0.15) is 5.75 Å². The molecule has 0 saturated carbocycles. The first kappa shape index (κ1) is 14.4. The number of likely N-dealkylation sites (N-methyl/N-ethyl adjacent to an activating group) is 1. The molecule has 2 atom stereocenters. The van der Waals surface area contributed by atoms with Crippen LogP contribution in [-0.2, 0) is 11.3 Å². The number of benzene rings is 1. The number of hydrogen-bond acceptors (Lipinski definition) is 3. The van der Waals surface area contributed by atoms with Crippen LogP contribution in [0.2, 0.25) is 0 Å². The van der Waals surface area contributed by atoms with Gasteiger partial charge in [0.25, 0.3) is 0 Å². The number of para-hydroxylation sites is 1. The lowest BCUT2D eigenvalue weighted by molar-refractivity contribution is -0.138. The van der Waals surface area contributed by atoms with Gasteiger partial charge in [-0.05, 0) is 25.8 Å². The van der Waals surface area contributed by atoms with Gasteiger partial charge in [-0.15, -0.1) is 0 Å². The number of nitrogens with zero attached hydrogens (tertiary/aromatic N) is 2. The van der Waals surface area contributed by atoms with Gasteiger partial charge in [-0.25, -0.2) is 0 Å². The summed E-state index contributed by atoms with van der Waals surface area (Å²) in [6.45, 7) is 5.41. The average Bonchev–Trinajstić information content (AvgIpc) is 2.75. The molecule has 1 aromatic carbocycles. The molecule has 3 fully saturated rings. The Hall–Kier alpha value is -1.55. The number of rotatable bonds is 4. The van der Waals surface area contributed by atoms with Crippen molar-refractivity contribution in [3.8, 4) is 5.75 Å². The molecule has 0 unspecified atom stereocenters. The van der Waals surface area contributed by atoms with E-state index in [2.05, 4.69) is 17.0 Å². The maximum absolute atomic E-state index is 12.2. The lowest BCUT2D eigenvalue weighted by Crippen LogP contribution is -2.45. The van der Waals surface area contributed by atoms with Crippen LogP contribution in [0, 0.1) is 5.92 Å². The molecule has 0 spiro atoms. The van der Waals surface area contributed by atoms with E-state index >= 15 is 0 Å². The Labute approximate surface area is 126 Å². The van der Waals surface area contributed by atoms with Gasteiger partial charge in [-0.3, -0.25) is 9.69 Å². The molecule has 3 aliphatic rings. The third kappa shape index (κ3) is 2.91. The fraction of sp³-hybridized carbons (Fsp3) is 0.588. The first-order valence-corrected chi connectivity index (χ1v) is 7.88. The van der Waals surface area contributed by atoms with Gasteiger partial charge in [0.15, 0.2) is 0 Å². The van der Waals surface area contributed by atoms with Crippen molar-refractivity contribution in [2.75, 3.05) is 26.7 Å². The normalized spacial score (nSPS) is 26.0. The monoisotopic (exact) mass is 288 g/mol. The quantitative estimate of drug-likeness (QED) is 0.851. The van der Waals surface area contributed by atoms with Gasteiger partial charge in [-0.2, -0.15) is 0 Å². The highest BCUT2D eigenvalue weighted by Crippen LogP contribution is 2.30. The molecule has 114 valence electrons. The summed E-state index contributed by atoms with van der Waals surface area (Å²) in [7, 11) is 1.96. The molecule has 0 aliphatic carbocycles. The smallest absolute Gasteiger partial charge is 0.227 e. The van der Waals surface area contributed by atoms with Crippen molar-refractivity contribution in [2.45, 2.75) is 32.4 Å². The number of ether oxygens (including phenoxy) is 1. The van der Waals surface area contributed by atoms with Gasteiger partial charge in [0.05, 0.1) is 12.5 Å². The number of amides is 1. The molecule has 0 radical (unpaired) electrons. The van der Waals surface area contributed by atoms with Crippen molar-refractivity contribution < 1.29 is 9.53 Å². The minimum absolute atomic E-state index is 0.174. The zero-order chi connectivity index (χ0) is 14.8. The number of piperidine rings is 1. The molecular formula is C17H24N2O2. The van der Waals surface area contributed by atoms with Crippen LogP contribution in [0.3, 0.4) is 0 Å². The van der Waals surface area contributed by atoms with E-state index in [1.165, 1.54) is 5.56 Å². The van der Waals surface area contributed by atoms with Crippen LogP contribution >= 0.6 is 0 Å². The van der Waals surface area contributed by atoms with Crippen LogP contribution < -0.4 is 4.74 Å². The van der Waals surface area contributed by atoms with Crippen molar-refractivity contribution in [1.29, 1.82) is 0 Å². The van der Waals surface area contributed by atoms with Crippen molar-refractivity contribution >= 4 is 5.91 Å². The minimum atomic E-state index is 0.174. The Morgan fingerprint density at radius 1 is 1.24 bits per heavy atom. The van der Waals surface area contributed by atoms with Gasteiger partial charge in [0, 0.05) is 38.3 Å².